The Bertz CT molecular complexity index is 1490. The molecule has 2 aromatic heterocycles. The van der Waals surface area contributed by atoms with Crippen LogP contribution in [0.25, 0.3) is 22.6 Å². The van der Waals surface area contributed by atoms with Crippen LogP contribution in [-0.2, 0) is 16.0 Å². The number of nitrogens with two attached hydrogens (primary N) is 1. The van der Waals surface area contributed by atoms with E-state index in [2.05, 4.69) is 5.32 Å². The Morgan fingerprint density at radius 2 is 1.83 bits per heavy atom. The lowest BCUT2D eigenvalue weighted by Gasteiger charge is -2.22. The van der Waals surface area contributed by atoms with Crippen molar-refractivity contribution in [1.29, 1.82) is 0 Å². The SMILES string of the molecule is NC(=O)c1ccc(NC(=O)COC(=O)c2c3c(nc4ccccc24)C(=Cc2ccco2)CCC3)cc1. The van der Waals surface area contributed by atoms with Crippen LogP contribution in [0.15, 0.2) is 71.3 Å². The number of hydrogen-bond acceptors (Lipinski definition) is 6. The molecule has 0 fully saturated rings. The Kier molecular flexibility index (Phi) is 6.32. The third kappa shape index (κ3) is 4.74. The molecular formula is C28H23N3O5. The van der Waals surface area contributed by atoms with Gasteiger partial charge in [-0.15, -0.1) is 0 Å². The van der Waals surface area contributed by atoms with Gasteiger partial charge in [0.15, 0.2) is 6.61 Å². The number of furan rings is 1. The Labute approximate surface area is 206 Å². The lowest BCUT2D eigenvalue weighted by molar-refractivity contribution is -0.119. The number of anilines is 1. The molecule has 0 bridgehead atoms. The van der Waals surface area contributed by atoms with Gasteiger partial charge in [0.05, 0.1) is 23.0 Å². The maximum absolute atomic E-state index is 13.3. The van der Waals surface area contributed by atoms with Gasteiger partial charge in [-0.2, -0.15) is 0 Å². The van der Waals surface area contributed by atoms with E-state index in [0.29, 0.717) is 34.1 Å². The number of nitrogens with one attached hydrogen (secondary N) is 1. The number of pyridine rings is 1. The number of hydrogen-bond donors (Lipinski definition) is 2. The molecule has 3 N–H and O–H groups in total. The van der Waals surface area contributed by atoms with E-state index in [-0.39, 0.29) is 0 Å². The number of esters is 1. The molecule has 0 saturated carbocycles. The minimum Gasteiger partial charge on any atom is -0.465 e. The minimum atomic E-state index is -0.580. The summed E-state index contributed by atoms with van der Waals surface area (Å²) in [5.74, 6) is -0.918. The van der Waals surface area contributed by atoms with Crippen molar-refractivity contribution in [2.45, 2.75) is 19.3 Å². The molecule has 0 spiro atoms. The highest BCUT2D eigenvalue weighted by Gasteiger charge is 2.26. The molecule has 1 aliphatic rings. The normalized spacial score (nSPS) is 13.8. The summed E-state index contributed by atoms with van der Waals surface area (Å²) in [6.45, 7) is -0.461. The number of nitrogens with zero attached hydrogens (tertiary/aromatic N) is 1. The Morgan fingerprint density at radius 3 is 2.58 bits per heavy atom. The van der Waals surface area contributed by atoms with Gasteiger partial charge in [-0.25, -0.2) is 9.78 Å². The first-order valence-electron chi connectivity index (χ1n) is 11.5. The molecule has 8 nitrogen and oxygen atoms in total. The molecule has 0 unspecified atom stereocenters. The number of fused-ring (bicyclic) bond motifs is 2. The van der Waals surface area contributed by atoms with Crippen molar-refractivity contribution >= 4 is 46.0 Å². The number of allylic oxidation sites excluding steroid dienone is 1. The number of primary amides is 1. The van der Waals surface area contributed by atoms with Gasteiger partial charge in [0.1, 0.15) is 5.76 Å². The molecule has 0 aliphatic heterocycles. The third-order valence-corrected chi connectivity index (χ3v) is 6.02. The van der Waals surface area contributed by atoms with Gasteiger partial charge in [-0.3, -0.25) is 9.59 Å². The maximum atomic E-state index is 13.3. The highest BCUT2D eigenvalue weighted by molar-refractivity contribution is 6.07. The Hall–Kier alpha value is -4.72. The van der Waals surface area contributed by atoms with Crippen LogP contribution in [-0.4, -0.2) is 29.4 Å². The lowest BCUT2D eigenvalue weighted by Crippen LogP contribution is -2.22. The van der Waals surface area contributed by atoms with Gasteiger partial charge in [-0.05, 0) is 78.9 Å². The van der Waals surface area contributed by atoms with Crippen molar-refractivity contribution in [3.05, 3.63) is 95.1 Å². The zero-order valence-corrected chi connectivity index (χ0v) is 19.3. The maximum Gasteiger partial charge on any atom is 0.339 e. The first-order valence-corrected chi connectivity index (χ1v) is 11.5. The number of para-hydroxylation sites is 1. The summed E-state index contributed by atoms with van der Waals surface area (Å²) in [5.41, 5.74) is 9.68. The second-order valence-electron chi connectivity index (χ2n) is 8.44. The monoisotopic (exact) mass is 481 g/mol. The van der Waals surface area contributed by atoms with Gasteiger partial charge < -0.3 is 20.2 Å². The van der Waals surface area contributed by atoms with E-state index < -0.39 is 24.4 Å². The van der Waals surface area contributed by atoms with Crippen molar-refractivity contribution in [2.75, 3.05) is 11.9 Å². The number of carbonyl (C=O) groups excluding carboxylic acids is 3. The van der Waals surface area contributed by atoms with Crippen molar-refractivity contribution in [2.24, 2.45) is 5.73 Å². The number of rotatable bonds is 6. The van der Waals surface area contributed by atoms with Crippen molar-refractivity contribution in [1.82, 2.24) is 4.98 Å². The largest absolute Gasteiger partial charge is 0.465 e. The van der Waals surface area contributed by atoms with Gasteiger partial charge in [-0.1, -0.05) is 18.2 Å². The number of aromatic nitrogens is 1. The highest BCUT2D eigenvalue weighted by Crippen LogP contribution is 2.36. The van der Waals surface area contributed by atoms with Crippen LogP contribution in [0.3, 0.4) is 0 Å². The van der Waals surface area contributed by atoms with E-state index >= 15 is 0 Å². The van der Waals surface area contributed by atoms with Crippen molar-refractivity contribution in [3.63, 3.8) is 0 Å². The predicted molar refractivity (Wildman–Crippen MR) is 135 cm³/mol. The standard InChI is InChI=1S/C28H23N3O5/c29-27(33)17-10-12-19(13-11-17)30-24(32)16-36-28(34)25-21-7-1-2-9-23(21)31-26-18(5-3-8-22(25)26)15-20-6-4-14-35-20/h1-2,4,6-7,9-15H,3,5,8,16H2,(H2,29,33)(H,30,32). The minimum absolute atomic E-state index is 0.328. The van der Waals surface area contributed by atoms with Crippen LogP contribution in [0.1, 0.15) is 50.6 Å². The topological polar surface area (TPSA) is 125 Å². The average Bonchev–Trinajstić information content (AvgIpc) is 3.40. The number of benzene rings is 2. The smallest absolute Gasteiger partial charge is 0.339 e. The summed E-state index contributed by atoms with van der Waals surface area (Å²) in [4.78, 5) is 41.8. The molecular weight excluding hydrogens is 458 g/mol. The molecule has 8 heteroatoms. The summed E-state index contributed by atoms with van der Waals surface area (Å²) in [7, 11) is 0. The van der Waals surface area contributed by atoms with E-state index in [1.54, 1.807) is 18.4 Å². The summed E-state index contributed by atoms with van der Waals surface area (Å²) in [6.07, 6.45) is 5.90. The highest BCUT2D eigenvalue weighted by atomic mass is 16.5. The molecule has 36 heavy (non-hydrogen) atoms. The van der Waals surface area contributed by atoms with E-state index in [1.807, 2.05) is 42.5 Å². The van der Waals surface area contributed by atoms with E-state index in [9.17, 15) is 14.4 Å². The summed E-state index contributed by atoms with van der Waals surface area (Å²) in [6, 6.07) is 17.2. The Morgan fingerprint density at radius 1 is 1.03 bits per heavy atom. The van der Waals surface area contributed by atoms with Crippen LogP contribution in [0, 0.1) is 0 Å². The zero-order chi connectivity index (χ0) is 25.1. The molecule has 2 aromatic carbocycles. The predicted octanol–water partition coefficient (Wildman–Crippen LogP) is 4.60. The first-order chi connectivity index (χ1) is 17.5. The fourth-order valence-electron chi connectivity index (χ4n) is 4.37. The molecule has 5 rings (SSSR count). The molecule has 2 heterocycles. The quantitative estimate of drug-likeness (QED) is 0.388. The fourth-order valence-corrected chi connectivity index (χ4v) is 4.37. The van der Waals surface area contributed by atoms with Crippen molar-refractivity contribution in [3.8, 4) is 0 Å². The molecule has 4 aromatic rings. The second-order valence-corrected chi connectivity index (χ2v) is 8.44. The summed E-state index contributed by atoms with van der Waals surface area (Å²) >= 11 is 0. The van der Waals surface area contributed by atoms with Gasteiger partial charge in [0.25, 0.3) is 5.91 Å². The summed E-state index contributed by atoms with van der Waals surface area (Å²) < 4.78 is 10.9. The number of ether oxygens (including phenoxy) is 1. The molecule has 2 amide bonds. The molecule has 180 valence electrons. The molecule has 0 radical (unpaired) electrons. The van der Waals surface area contributed by atoms with Crippen LogP contribution in [0.5, 0.6) is 0 Å². The van der Waals surface area contributed by atoms with Crippen molar-refractivity contribution < 1.29 is 23.5 Å². The third-order valence-electron chi connectivity index (χ3n) is 6.02. The average molecular weight is 482 g/mol. The number of amides is 2. The van der Waals surface area contributed by atoms with Gasteiger partial charge in [0.2, 0.25) is 5.91 Å². The van der Waals surface area contributed by atoms with Gasteiger partial charge in [0, 0.05) is 16.6 Å². The lowest BCUT2D eigenvalue weighted by atomic mass is 9.86. The van der Waals surface area contributed by atoms with Gasteiger partial charge >= 0.3 is 5.97 Å². The fraction of sp³-hybridized carbons (Fsp3) is 0.143. The molecule has 1 aliphatic carbocycles. The van der Waals surface area contributed by atoms with E-state index in [1.165, 1.54) is 12.1 Å². The summed E-state index contributed by atoms with van der Waals surface area (Å²) in [5, 5.41) is 3.33. The van der Waals surface area contributed by atoms with E-state index in [4.69, 9.17) is 19.9 Å². The van der Waals surface area contributed by atoms with Crippen LogP contribution in [0.4, 0.5) is 5.69 Å². The zero-order valence-electron chi connectivity index (χ0n) is 19.3. The van der Waals surface area contributed by atoms with Crippen LogP contribution >= 0.6 is 0 Å². The first kappa shape index (κ1) is 23.0. The van der Waals surface area contributed by atoms with E-state index in [0.717, 1.165) is 35.4 Å². The van der Waals surface area contributed by atoms with Crippen LogP contribution in [0.2, 0.25) is 0 Å². The Balaban J connectivity index is 1.40. The van der Waals surface area contributed by atoms with Crippen LogP contribution < -0.4 is 11.1 Å². The molecule has 0 atom stereocenters. The second kappa shape index (κ2) is 9.87. The molecule has 0 saturated heterocycles. The number of carbonyl (C=O) groups is 3.